The topological polar surface area (TPSA) is 43.8 Å². The molecule has 1 aromatic heterocycles. The second kappa shape index (κ2) is 5.88. The Hall–Kier alpha value is -1.13. The summed E-state index contributed by atoms with van der Waals surface area (Å²) < 4.78 is 2.97. The normalized spacial score (nSPS) is 11.3. The van der Waals surface area contributed by atoms with Gasteiger partial charge in [-0.3, -0.25) is 4.68 Å². The molecule has 0 radical (unpaired) electrons. The van der Waals surface area contributed by atoms with Crippen molar-refractivity contribution in [1.82, 2.24) is 9.78 Å². The summed E-state index contributed by atoms with van der Waals surface area (Å²) in [6.07, 6.45) is 0.790. The molecule has 3 nitrogen and oxygen atoms in total. The third kappa shape index (κ3) is 2.90. The van der Waals surface area contributed by atoms with E-state index in [1.165, 1.54) is 11.1 Å². The van der Waals surface area contributed by atoms with Crippen LogP contribution in [0.15, 0.2) is 28.7 Å². The molecule has 0 aliphatic carbocycles. The van der Waals surface area contributed by atoms with Gasteiger partial charge >= 0.3 is 0 Å². The molecule has 0 aliphatic rings. The van der Waals surface area contributed by atoms with Crippen molar-refractivity contribution >= 4 is 15.9 Å². The maximum absolute atomic E-state index is 5.61. The summed E-state index contributed by atoms with van der Waals surface area (Å²) in [5.74, 6) is 0.553. The SMILES string of the molecule is CC(C)c1ccc(-c2c(Br)c(CCN)nn2C)cc1. The molecule has 0 spiro atoms. The zero-order valence-electron chi connectivity index (χ0n) is 11.7. The van der Waals surface area contributed by atoms with Crippen molar-refractivity contribution in [2.45, 2.75) is 26.2 Å². The third-order valence-electron chi connectivity index (χ3n) is 3.29. The minimum atomic E-state index is 0.553. The fourth-order valence-electron chi connectivity index (χ4n) is 2.19. The Labute approximate surface area is 122 Å². The van der Waals surface area contributed by atoms with Crippen LogP contribution in [0.4, 0.5) is 0 Å². The van der Waals surface area contributed by atoms with E-state index in [9.17, 15) is 0 Å². The van der Waals surface area contributed by atoms with Crippen LogP contribution >= 0.6 is 15.9 Å². The first-order valence-electron chi connectivity index (χ1n) is 6.56. The molecular weight excluding hydrogens is 302 g/mol. The highest BCUT2D eigenvalue weighted by Gasteiger charge is 2.15. The molecule has 19 heavy (non-hydrogen) atoms. The fourth-order valence-corrected chi connectivity index (χ4v) is 2.95. The lowest BCUT2D eigenvalue weighted by Crippen LogP contribution is -2.04. The standard InChI is InChI=1S/C15H20BrN3/c1-10(2)11-4-6-12(7-5-11)15-14(16)13(8-9-17)18-19(15)3/h4-7,10H,8-9,17H2,1-3H3. The van der Waals surface area contributed by atoms with E-state index in [1.807, 2.05) is 11.7 Å². The van der Waals surface area contributed by atoms with E-state index < -0.39 is 0 Å². The Morgan fingerprint density at radius 1 is 1.26 bits per heavy atom. The number of nitrogens with zero attached hydrogens (tertiary/aromatic N) is 2. The molecule has 102 valence electrons. The first kappa shape index (κ1) is 14.3. The smallest absolute Gasteiger partial charge is 0.0824 e. The minimum absolute atomic E-state index is 0.553. The van der Waals surface area contributed by atoms with Crippen molar-refractivity contribution < 1.29 is 0 Å². The van der Waals surface area contributed by atoms with Crippen LogP contribution < -0.4 is 5.73 Å². The predicted molar refractivity (Wildman–Crippen MR) is 83.2 cm³/mol. The van der Waals surface area contributed by atoms with Gasteiger partial charge in [-0.25, -0.2) is 0 Å². The first-order chi connectivity index (χ1) is 9.04. The maximum Gasteiger partial charge on any atom is 0.0824 e. The number of aryl methyl sites for hydroxylation is 1. The number of halogens is 1. The fraction of sp³-hybridized carbons (Fsp3) is 0.400. The lowest BCUT2D eigenvalue weighted by Gasteiger charge is -2.07. The summed E-state index contributed by atoms with van der Waals surface area (Å²) in [5, 5.41) is 4.52. The number of hydrogen-bond donors (Lipinski definition) is 1. The highest BCUT2D eigenvalue weighted by atomic mass is 79.9. The number of rotatable bonds is 4. The van der Waals surface area contributed by atoms with Crippen LogP contribution in [0.1, 0.15) is 31.0 Å². The number of nitrogens with two attached hydrogens (primary N) is 1. The summed E-state index contributed by atoms with van der Waals surface area (Å²) in [6, 6.07) is 8.68. The highest BCUT2D eigenvalue weighted by Crippen LogP contribution is 2.31. The van der Waals surface area contributed by atoms with Crippen LogP contribution in [0.3, 0.4) is 0 Å². The summed E-state index contributed by atoms with van der Waals surface area (Å²) in [5.41, 5.74) is 10.3. The lowest BCUT2D eigenvalue weighted by atomic mass is 10.0. The van der Waals surface area contributed by atoms with E-state index in [4.69, 9.17) is 5.73 Å². The lowest BCUT2D eigenvalue weighted by molar-refractivity contribution is 0.745. The largest absolute Gasteiger partial charge is 0.330 e. The zero-order chi connectivity index (χ0) is 14.0. The highest BCUT2D eigenvalue weighted by molar-refractivity contribution is 9.10. The Morgan fingerprint density at radius 3 is 2.42 bits per heavy atom. The van der Waals surface area contributed by atoms with Gasteiger partial charge in [0, 0.05) is 19.0 Å². The van der Waals surface area contributed by atoms with Crippen molar-refractivity contribution in [2.75, 3.05) is 6.54 Å². The Kier molecular flexibility index (Phi) is 4.42. The molecule has 0 bridgehead atoms. The quantitative estimate of drug-likeness (QED) is 0.937. The van der Waals surface area contributed by atoms with Gasteiger partial charge in [0.1, 0.15) is 0 Å². The van der Waals surface area contributed by atoms with Gasteiger partial charge in [-0.1, -0.05) is 38.1 Å². The molecule has 0 atom stereocenters. The molecule has 1 aromatic carbocycles. The molecule has 2 rings (SSSR count). The van der Waals surface area contributed by atoms with Crippen molar-refractivity contribution in [3.8, 4) is 11.3 Å². The van der Waals surface area contributed by atoms with Crippen molar-refractivity contribution in [2.24, 2.45) is 12.8 Å². The van der Waals surface area contributed by atoms with Gasteiger partial charge in [0.05, 0.1) is 15.9 Å². The molecule has 0 saturated carbocycles. The monoisotopic (exact) mass is 321 g/mol. The van der Waals surface area contributed by atoms with Gasteiger partial charge in [-0.05, 0) is 34.0 Å². The second-order valence-electron chi connectivity index (χ2n) is 5.05. The van der Waals surface area contributed by atoms with E-state index >= 15 is 0 Å². The van der Waals surface area contributed by atoms with Gasteiger partial charge in [-0.15, -0.1) is 0 Å². The molecule has 0 saturated heterocycles. The van der Waals surface area contributed by atoms with E-state index in [0.29, 0.717) is 12.5 Å². The van der Waals surface area contributed by atoms with Crippen LogP contribution in [0, 0.1) is 0 Å². The van der Waals surface area contributed by atoms with E-state index in [1.54, 1.807) is 0 Å². The molecule has 0 amide bonds. The number of hydrogen-bond acceptors (Lipinski definition) is 2. The number of aromatic nitrogens is 2. The summed E-state index contributed by atoms with van der Waals surface area (Å²) in [6.45, 7) is 5.02. The van der Waals surface area contributed by atoms with Crippen molar-refractivity contribution in [3.63, 3.8) is 0 Å². The van der Waals surface area contributed by atoms with Crippen molar-refractivity contribution in [1.29, 1.82) is 0 Å². The van der Waals surface area contributed by atoms with Gasteiger partial charge in [0.25, 0.3) is 0 Å². The van der Waals surface area contributed by atoms with Crippen LogP contribution in [0.25, 0.3) is 11.3 Å². The first-order valence-corrected chi connectivity index (χ1v) is 7.35. The van der Waals surface area contributed by atoms with Crippen LogP contribution in [0.2, 0.25) is 0 Å². The van der Waals surface area contributed by atoms with Gasteiger partial charge in [-0.2, -0.15) is 5.10 Å². The molecular formula is C15H20BrN3. The van der Waals surface area contributed by atoms with Crippen LogP contribution in [-0.2, 0) is 13.5 Å². The van der Waals surface area contributed by atoms with Crippen LogP contribution in [0.5, 0.6) is 0 Å². The Morgan fingerprint density at radius 2 is 1.89 bits per heavy atom. The second-order valence-corrected chi connectivity index (χ2v) is 5.84. The Bertz CT molecular complexity index is 556. The van der Waals surface area contributed by atoms with Gasteiger partial charge < -0.3 is 5.73 Å². The van der Waals surface area contributed by atoms with E-state index in [2.05, 4.69) is 59.1 Å². The van der Waals surface area contributed by atoms with E-state index in [-0.39, 0.29) is 0 Å². The molecule has 2 aromatic rings. The molecule has 0 fully saturated rings. The molecule has 2 N–H and O–H groups in total. The summed E-state index contributed by atoms with van der Waals surface area (Å²) in [7, 11) is 1.97. The van der Waals surface area contributed by atoms with Crippen molar-refractivity contribution in [3.05, 3.63) is 40.0 Å². The zero-order valence-corrected chi connectivity index (χ0v) is 13.2. The van der Waals surface area contributed by atoms with Gasteiger partial charge in [0.15, 0.2) is 0 Å². The average Bonchev–Trinajstić information content (AvgIpc) is 2.65. The summed E-state index contributed by atoms with van der Waals surface area (Å²) in [4.78, 5) is 0. The molecule has 1 heterocycles. The Balaban J connectivity index is 2.41. The summed E-state index contributed by atoms with van der Waals surface area (Å²) >= 11 is 3.65. The molecule has 0 aliphatic heterocycles. The molecule has 4 heteroatoms. The average molecular weight is 322 g/mol. The van der Waals surface area contributed by atoms with Gasteiger partial charge in [0.2, 0.25) is 0 Å². The minimum Gasteiger partial charge on any atom is -0.330 e. The third-order valence-corrected chi connectivity index (χ3v) is 4.12. The predicted octanol–water partition coefficient (Wildman–Crippen LogP) is 3.47. The molecule has 0 unspecified atom stereocenters. The maximum atomic E-state index is 5.61. The van der Waals surface area contributed by atoms with Crippen LogP contribution in [-0.4, -0.2) is 16.3 Å². The number of benzene rings is 1. The van der Waals surface area contributed by atoms with E-state index in [0.717, 1.165) is 22.3 Å².